The summed E-state index contributed by atoms with van der Waals surface area (Å²) in [6, 6.07) is 12.5. The van der Waals surface area contributed by atoms with Crippen molar-refractivity contribution in [2.75, 3.05) is 6.54 Å². The number of benzene rings is 1. The second-order valence-corrected chi connectivity index (χ2v) is 6.94. The first-order valence-electron chi connectivity index (χ1n) is 8.96. The minimum Gasteiger partial charge on any atom is -0.465 e. The van der Waals surface area contributed by atoms with E-state index in [-0.39, 0.29) is 12.1 Å². The molecular formula is C20H23N3O2. The molecule has 2 aliphatic rings. The Labute approximate surface area is 147 Å². The molecule has 2 aromatic rings. The highest BCUT2D eigenvalue weighted by molar-refractivity contribution is 5.66. The van der Waals surface area contributed by atoms with Gasteiger partial charge in [-0.1, -0.05) is 30.3 Å². The van der Waals surface area contributed by atoms with Crippen LogP contribution in [0.15, 0.2) is 42.6 Å². The van der Waals surface area contributed by atoms with Crippen molar-refractivity contribution in [3.05, 3.63) is 65.0 Å². The summed E-state index contributed by atoms with van der Waals surface area (Å²) in [5.41, 5.74) is 4.82. The van der Waals surface area contributed by atoms with E-state index in [0.717, 1.165) is 36.9 Å². The lowest BCUT2D eigenvalue weighted by Crippen LogP contribution is -2.49. The topological polar surface area (TPSA) is 65.5 Å². The molecular weight excluding hydrogens is 314 g/mol. The Morgan fingerprint density at radius 1 is 1.20 bits per heavy atom. The Morgan fingerprint density at radius 2 is 2.00 bits per heavy atom. The molecule has 0 radical (unpaired) electrons. The summed E-state index contributed by atoms with van der Waals surface area (Å²) in [6.45, 7) is 1.12. The molecule has 0 bridgehead atoms. The first kappa shape index (κ1) is 16.1. The first-order chi connectivity index (χ1) is 12.2. The third-order valence-electron chi connectivity index (χ3n) is 5.40. The van der Waals surface area contributed by atoms with Crippen LogP contribution in [-0.4, -0.2) is 33.7 Å². The molecule has 0 fully saturated rings. The minimum absolute atomic E-state index is 0.0403. The van der Waals surface area contributed by atoms with Gasteiger partial charge < -0.3 is 10.4 Å². The average Bonchev–Trinajstić information content (AvgIpc) is 2.65. The Hall–Kier alpha value is -2.40. The monoisotopic (exact) mass is 337 g/mol. The van der Waals surface area contributed by atoms with Crippen molar-refractivity contribution in [2.24, 2.45) is 0 Å². The molecule has 5 nitrogen and oxygen atoms in total. The number of carboxylic acid groups (broad SMARTS) is 1. The third kappa shape index (κ3) is 3.24. The molecule has 2 unspecified atom stereocenters. The second kappa shape index (κ2) is 6.84. The van der Waals surface area contributed by atoms with E-state index >= 15 is 0 Å². The van der Waals surface area contributed by atoms with Gasteiger partial charge in [0.25, 0.3) is 0 Å². The fourth-order valence-corrected chi connectivity index (χ4v) is 4.08. The van der Waals surface area contributed by atoms with Gasteiger partial charge in [-0.05, 0) is 48.4 Å². The Balaban J connectivity index is 1.50. The lowest BCUT2D eigenvalue weighted by Gasteiger charge is -2.36. The molecule has 25 heavy (non-hydrogen) atoms. The zero-order valence-electron chi connectivity index (χ0n) is 14.2. The summed E-state index contributed by atoms with van der Waals surface area (Å²) in [5, 5.41) is 13.2. The van der Waals surface area contributed by atoms with Crippen molar-refractivity contribution >= 4 is 6.09 Å². The van der Waals surface area contributed by atoms with E-state index in [0.29, 0.717) is 13.1 Å². The van der Waals surface area contributed by atoms with Gasteiger partial charge in [0.15, 0.2) is 0 Å². The van der Waals surface area contributed by atoms with Gasteiger partial charge in [-0.3, -0.25) is 9.88 Å². The van der Waals surface area contributed by atoms with Crippen molar-refractivity contribution < 1.29 is 9.90 Å². The quantitative estimate of drug-likeness (QED) is 0.903. The number of pyridine rings is 1. The first-order valence-corrected chi connectivity index (χ1v) is 8.96. The van der Waals surface area contributed by atoms with Gasteiger partial charge in [0.1, 0.15) is 0 Å². The predicted octanol–water partition coefficient (Wildman–Crippen LogP) is 3.15. The molecule has 4 rings (SSSR count). The summed E-state index contributed by atoms with van der Waals surface area (Å²) in [6.07, 6.45) is 5.05. The van der Waals surface area contributed by atoms with Crippen molar-refractivity contribution in [2.45, 2.75) is 44.3 Å². The van der Waals surface area contributed by atoms with Gasteiger partial charge in [-0.25, -0.2) is 4.79 Å². The molecule has 5 heteroatoms. The zero-order valence-corrected chi connectivity index (χ0v) is 14.2. The van der Waals surface area contributed by atoms with Crippen LogP contribution in [0.4, 0.5) is 4.79 Å². The van der Waals surface area contributed by atoms with E-state index in [1.807, 2.05) is 30.5 Å². The molecule has 0 saturated heterocycles. The molecule has 2 atom stereocenters. The average molecular weight is 337 g/mol. The molecule has 2 N–H and O–H groups in total. The van der Waals surface area contributed by atoms with Crippen LogP contribution < -0.4 is 5.32 Å². The van der Waals surface area contributed by atoms with Crippen LogP contribution >= 0.6 is 0 Å². The van der Waals surface area contributed by atoms with Gasteiger partial charge in [-0.2, -0.15) is 0 Å². The molecule has 1 amide bonds. The SMILES string of the molecule is O=C(O)N1Cc2ccccc2CC1CNC1CCCc2cccnc21. The number of hydrogen-bond donors (Lipinski definition) is 2. The van der Waals surface area contributed by atoms with Crippen molar-refractivity contribution in [1.29, 1.82) is 0 Å². The number of fused-ring (bicyclic) bond motifs is 2. The van der Waals surface area contributed by atoms with Crippen molar-refractivity contribution in [3.8, 4) is 0 Å². The lowest BCUT2D eigenvalue weighted by molar-refractivity contribution is 0.112. The largest absolute Gasteiger partial charge is 0.465 e. The Morgan fingerprint density at radius 3 is 2.84 bits per heavy atom. The highest BCUT2D eigenvalue weighted by atomic mass is 16.4. The maximum Gasteiger partial charge on any atom is 0.407 e. The molecule has 1 aliphatic heterocycles. The van der Waals surface area contributed by atoms with E-state index in [1.54, 1.807) is 4.90 Å². The molecule has 1 aromatic carbocycles. The van der Waals surface area contributed by atoms with Crippen molar-refractivity contribution in [1.82, 2.24) is 15.2 Å². The second-order valence-electron chi connectivity index (χ2n) is 6.94. The van der Waals surface area contributed by atoms with E-state index in [1.165, 1.54) is 11.1 Å². The predicted molar refractivity (Wildman–Crippen MR) is 95.4 cm³/mol. The Kier molecular flexibility index (Phi) is 4.40. The summed E-state index contributed by atoms with van der Waals surface area (Å²) >= 11 is 0. The molecule has 130 valence electrons. The molecule has 1 aliphatic carbocycles. The van der Waals surface area contributed by atoms with Gasteiger partial charge in [0, 0.05) is 25.3 Å². The van der Waals surface area contributed by atoms with Gasteiger partial charge >= 0.3 is 6.09 Å². The van der Waals surface area contributed by atoms with Gasteiger partial charge in [-0.15, -0.1) is 0 Å². The van der Waals surface area contributed by atoms with Crippen molar-refractivity contribution in [3.63, 3.8) is 0 Å². The van der Waals surface area contributed by atoms with Crippen LogP contribution in [0.25, 0.3) is 0 Å². The summed E-state index contributed by atoms with van der Waals surface area (Å²) < 4.78 is 0. The van der Waals surface area contributed by atoms with Gasteiger partial charge in [0.05, 0.1) is 11.7 Å². The van der Waals surface area contributed by atoms with Crippen LogP contribution in [-0.2, 0) is 19.4 Å². The number of amides is 1. The molecule has 2 heterocycles. The molecule has 1 aromatic heterocycles. The van der Waals surface area contributed by atoms with Crippen LogP contribution in [0.5, 0.6) is 0 Å². The fraction of sp³-hybridized carbons (Fsp3) is 0.400. The summed E-state index contributed by atoms with van der Waals surface area (Å²) in [5.74, 6) is 0. The number of hydrogen-bond acceptors (Lipinski definition) is 3. The van der Waals surface area contributed by atoms with Crippen LogP contribution in [0.2, 0.25) is 0 Å². The minimum atomic E-state index is -0.844. The highest BCUT2D eigenvalue weighted by Crippen LogP contribution is 2.29. The fourth-order valence-electron chi connectivity index (χ4n) is 4.08. The normalized spacial score (nSPS) is 22.2. The number of nitrogens with zero attached hydrogens (tertiary/aromatic N) is 2. The maximum absolute atomic E-state index is 11.7. The lowest BCUT2D eigenvalue weighted by atomic mass is 9.90. The molecule has 0 saturated carbocycles. The highest BCUT2D eigenvalue weighted by Gasteiger charge is 2.30. The number of aryl methyl sites for hydroxylation is 1. The third-order valence-corrected chi connectivity index (χ3v) is 5.40. The van der Waals surface area contributed by atoms with Crippen LogP contribution in [0, 0.1) is 0 Å². The van der Waals surface area contributed by atoms with Crippen LogP contribution in [0.1, 0.15) is 41.3 Å². The zero-order chi connectivity index (χ0) is 17.2. The van der Waals surface area contributed by atoms with Crippen LogP contribution in [0.3, 0.4) is 0 Å². The summed E-state index contributed by atoms with van der Waals surface area (Å²) in [4.78, 5) is 17.8. The summed E-state index contributed by atoms with van der Waals surface area (Å²) in [7, 11) is 0. The number of rotatable bonds is 3. The number of nitrogens with one attached hydrogen (secondary N) is 1. The van der Waals surface area contributed by atoms with Gasteiger partial charge in [0.2, 0.25) is 0 Å². The van der Waals surface area contributed by atoms with E-state index in [4.69, 9.17) is 0 Å². The Bertz CT molecular complexity index is 777. The smallest absolute Gasteiger partial charge is 0.407 e. The van der Waals surface area contributed by atoms with E-state index in [9.17, 15) is 9.90 Å². The maximum atomic E-state index is 11.7. The molecule has 0 spiro atoms. The number of aromatic nitrogens is 1. The number of carbonyl (C=O) groups is 1. The standard InChI is InChI=1S/C20H23N3O2/c24-20(25)23-13-16-6-2-1-5-15(16)11-17(23)12-22-18-9-3-7-14-8-4-10-21-19(14)18/h1-2,4-6,8,10,17-18,22H,3,7,9,11-13H2,(H,24,25). The van der Waals surface area contributed by atoms with E-state index in [2.05, 4.69) is 22.4 Å². The van der Waals surface area contributed by atoms with E-state index < -0.39 is 6.09 Å².